The maximum atomic E-state index is 13.2. The monoisotopic (exact) mass is 381 g/mol. The molecule has 0 saturated carbocycles. The number of hydrogen-bond donors (Lipinski definition) is 0. The van der Waals surface area contributed by atoms with Gasteiger partial charge < -0.3 is 4.74 Å². The molecule has 0 radical (unpaired) electrons. The molecule has 0 spiro atoms. The minimum Gasteiger partial charge on any atom is -0.380 e. The van der Waals surface area contributed by atoms with Crippen LogP contribution < -0.4 is 0 Å². The van der Waals surface area contributed by atoms with Gasteiger partial charge in [0.15, 0.2) is 0 Å². The molecule has 1 aliphatic heterocycles. The fourth-order valence-corrected chi connectivity index (χ4v) is 2.78. The van der Waals surface area contributed by atoms with Gasteiger partial charge in [-0.2, -0.15) is 13.2 Å². The Balaban J connectivity index is 2.41. The third-order valence-corrected chi connectivity index (χ3v) is 4.00. The molecule has 1 unspecified atom stereocenters. The smallest absolute Gasteiger partial charge is 0.380 e. The Labute approximate surface area is 133 Å². The molecule has 7 heteroatoms. The molecule has 0 N–H and O–H groups in total. The van der Waals surface area contributed by atoms with Crippen molar-refractivity contribution in [3.63, 3.8) is 0 Å². The Morgan fingerprint density at radius 1 is 1.29 bits per heavy atom. The molecule has 0 amide bonds. The number of nitrogens with zero attached hydrogens (tertiary/aromatic N) is 1. The molecule has 0 fully saturated rings. The number of ether oxygens (including phenoxy) is 1. The second-order valence-electron chi connectivity index (χ2n) is 4.49. The molecular formula is C14H12BrClF3NO. The maximum absolute atomic E-state index is 13.2. The van der Waals surface area contributed by atoms with Gasteiger partial charge in [0, 0.05) is 11.6 Å². The quantitative estimate of drug-likeness (QED) is 0.681. The molecule has 21 heavy (non-hydrogen) atoms. The van der Waals surface area contributed by atoms with Crippen LogP contribution in [0, 0.1) is 0 Å². The molecule has 1 aromatic rings. The fourth-order valence-electron chi connectivity index (χ4n) is 1.96. The second kappa shape index (κ2) is 6.10. The van der Waals surface area contributed by atoms with Crippen LogP contribution in [0.2, 0.25) is 5.02 Å². The van der Waals surface area contributed by atoms with Crippen LogP contribution in [0.15, 0.2) is 35.3 Å². The summed E-state index contributed by atoms with van der Waals surface area (Å²) >= 11 is 8.90. The molecule has 0 saturated heterocycles. The average molecular weight is 383 g/mol. The van der Waals surface area contributed by atoms with Crippen molar-refractivity contribution in [2.24, 2.45) is 4.99 Å². The zero-order valence-electron chi connectivity index (χ0n) is 11.0. The number of alkyl halides is 4. The highest BCUT2D eigenvalue weighted by Crippen LogP contribution is 2.41. The van der Waals surface area contributed by atoms with E-state index in [0.717, 1.165) is 0 Å². The summed E-state index contributed by atoms with van der Waals surface area (Å²) in [5, 5.41) is 0.511. The summed E-state index contributed by atoms with van der Waals surface area (Å²) in [5.74, 6) is 0. The van der Waals surface area contributed by atoms with Gasteiger partial charge in [0.25, 0.3) is 0 Å². The molecular weight excluding hydrogens is 371 g/mol. The molecule has 1 aromatic carbocycles. The topological polar surface area (TPSA) is 21.6 Å². The van der Waals surface area contributed by atoms with Crippen LogP contribution in [0.3, 0.4) is 0 Å². The van der Waals surface area contributed by atoms with E-state index in [1.165, 1.54) is 6.08 Å². The van der Waals surface area contributed by atoms with Gasteiger partial charge in [-0.05, 0) is 30.7 Å². The predicted molar refractivity (Wildman–Crippen MR) is 81.1 cm³/mol. The van der Waals surface area contributed by atoms with Crippen LogP contribution in [0.4, 0.5) is 13.2 Å². The third kappa shape index (κ3) is 3.67. The fraction of sp³-hybridized carbons (Fsp3) is 0.357. The van der Waals surface area contributed by atoms with E-state index < -0.39 is 16.2 Å². The molecule has 1 atom stereocenters. The summed E-state index contributed by atoms with van der Waals surface area (Å²) in [5.41, 5.74) is -0.0945. The van der Waals surface area contributed by atoms with Crippen LogP contribution in [0.1, 0.15) is 12.5 Å². The lowest BCUT2D eigenvalue weighted by Crippen LogP contribution is -2.42. The van der Waals surface area contributed by atoms with Crippen LogP contribution in [0.25, 0.3) is 5.70 Å². The van der Waals surface area contributed by atoms with Gasteiger partial charge in [0.1, 0.15) is 10.0 Å². The van der Waals surface area contributed by atoms with Crippen molar-refractivity contribution >= 4 is 38.9 Å². The minimum absolute atomic E-state index is 0.140. The summed E-state index contributed by atoms with van der Waals surface area (Å²) in [6.07, 6.45) is -3.11. The lowest BCUT2D eigenvalue weighted by molar-refractivity contribution is -0.0619. The van der Waals surface area contributed by atoms with Gasteiger partial charge in [-0.25, -0.2) is 4.99 Å². The highest BCUT2D eigenvalue weighted by atomic mass is 79.9. The normalized spacial score (nSPS) is 22.2. The second-order valence-corrected chi connectivity index (χ2v) is 6.35. The van der Waals surface area contributed by atoms with Crippen LogP contribution in [-0.4, -0.2) is 29.4 Å². The third-order valence-electron chi connectivity index (χ3n) is 2.92. The Morgan fingerprint density at radius 2 is 1.90 bits per heavy atom. The zero-order chi connectivity index (χ0) is 15.7. The van der Waals surface area contributed by atoms with E-state index in [9.17, 15) is 13.2 Å². The maximum Gasteiger partial charge on any atom is 0.431 e. The van der Waals surface area contributed by atoms with Crippen molar-refractivity contribution < 1.29 is 17.9 Å². The Bertz CT molecular complexity index is 583. The summed E-state index contributed by atoms with van der Waals surface area (Å²) in [6.45, 7) is 1.90. The van der Waals surface area contributed by atoms with Crippen LogP contribution >= 0.6 is 27.5 Å². The van der Waals surface area contributed by atoms with Crippen molar-refractivity contribution in [1.29, 1.82) is 0 Å². The number of hydrogen-bond acceptors (Lipinski definition) is 2. The first kappa shape index (κ1) is 16.5. The molecule has 0 aliphatic carbocycles. The standard InChI is InChI=1S/C14H12BrClF3NO/c1-2-21-8-13(15)7-11(20-12(13)14(17,18)19)9-3-5-10(16)6-4-9/h3-7H,2,8H2,1H3. The van der Waals surface area contributed by atoms with Gasteiger partial charge in [0.05, 0.1) is 12.3 Å². The van der Waals surface area contributed by atoms with E-state index in [4.69, 9.17) is 16.3 Å². The molecule has 114 valence electrons. The summed E-state index contributed by atoms with van der Waals surface area (Å²) in [7, 11) is 0. The molecule has 0 bridgehead atoms. The van der Waals surface area contributed by atoms with E-state index in [-0.39, 0.29) is 12.3 Å². The van der Waals surface area contributed by atoms with Gasteiger partial charge in [-0.1, -0.05) is 39.7 Å². The van der Waals surface area contributed by atoms with E-state index >= 15 is 0 Å². The SMILES string of the molecule is CCOCC1(Br)C=C(c2ccc(Cl)cc2)N=C1C(F)(F)F. The van der Waals surface area contributed by atoms with Gasteiger partial charge >= 0.3 is 6.18 Å². The largest absolute Gasteiger partial charge is 0.431 e. The van der Waals surface area contributed by atoms with Gasteiger partial charge in [-0.15, -0.1) is 0 Å². The van der Waals surface area contributed by atoms with Crippen LogP contribution in [-0.2, 0) is 4.74 Å². The van der Waals surface area contributed by atoms with Crippen LogP contribution in [0.5, 0.6) is 0 Å². The van der Waals surface area contributed by atoms with E-state index in [1.54, 1.807) is 31.2 Å². The lowest BCUT2D eigenvalue weighted by Gasteiger charge is -2.23. The van der Waals surface area contributed by atoms with Crippen molar-refractivity contribution in [2.45, 2.75) is 17.4 Å². The zero-order valence-corrected chi connectivity index (χ0v) is 13.4. The van der Waals surface area contributed by atoms with Crippen molar-refractivity contribution in [3.05, 3.63) is 40.9 Å². The number of halogens is 5. The summed E-state index contributed by atoms with van der Waals surface area (Å²) in [4.78, 5) is 3.75. The molecule has 0 aromatic heterocycles. The summed E-state index contributed by atoms with van der Waals surface area (Å²) in [6, 6.07) is 6.48. The molecule has 2 rings (SSSR count). The first-order chi connectivity index (χ1) is 9.76. The minimum atomic E-state index is -4.54. The predicted octanol–water partition coefficient (Wildman–Crippen LogP) is 4.87. The van der Waals surface area contributed by atoms with E-state index in [0.29, 0.717) is 17.2 Å². The first-order valence-electron chi connectivity index (χ1n) is 6.18. The Hall–Kier alpha value is -0.850. The van der Waals surface area contributed by atoms with Gasteiger partial charge in [0.2, 0.25) is 0 Å². The average Bonchev–Trinajstić information content (AvgIpc) is 2.76. The van der Waals surface area contributed by atoms with E-state index in [2.05, 4.69) is 20.9 Å². The van der Waals surface area contributed by atoms with E-state index in [1.807, 2.05) is 0 Å². The molecule has 1 heterocycles. The Kier molecular flexibility index (Phi) is 4.80. The van der Waals surface area contributed by atoms with Crippen molar-refractivity contribution in [1.82, 2.24) is 0 Å². The Morgan fingerprint density at radius 3 is 2.43 bits per heavy atom. The molecule has 2 nitrogen and oxygen atoms in total. The number of rotatable bonds is 4. The number of aliphatic imine (C=N–C) groups is 1. The lowest BCUT2D eigenvalue weighted by atomic mass is 10.0. The molecule has 1 aliphatic rings. The summed E-state index contributed by atoms with van der Waals surface area (Å²) < 4.78 is 43.2. The highest BCUT2D eigenvalue weighted by molar-refractivity contribution is 9.10. The first-order valence-corrected chi connectivity index (χ1v) is 7.35. The number of benzene rings is 1. The highest BCUT2D eigenvalue weighted by Gasteiger charge is 2.51. The van der Waals surface area contributed by atoms with Crippen molar-refractivity contribution in [2.75, 3.05) is 13.2 Å². The van der Waals surface area contributed by atoms with Gasteiger partial charge in [-0.3, -0.25) is 0 Å². The van der Waals surface area contributed by atoms with Crippen molar-refractivity contribution in [3.8, 4) is 0 Å².